The van der Waals surface area contributed by atoms with E-state index in [1.165, 1.54) is 0 Å². The van der Waals surface area contributed by atoms with Crippen LogP contribution < -0.4 is 0 Å². The summed E-state index contributed by atoms with van der Waals surface area (Å²) in [6.07, 6.45) is 8.65. The summed E-state index contributed by atoms with van der Waals surface area (Å²) >= 11 is 0. The number of carbonyl (C=O) groups excluding carboxylic acids is 1. The molecule has 0 bridgehead atoms. The van der Waals surface area contributed by atoms with E-state index in [0.29, 0.717) is 17.3 Å². The lowest BCUT2D eigenvalue weighted by molar-refractivity contribution is -0.113. The maximum atomic E-state index is 13.2. The van der Waals surface area contributed by atoms with Crippen LogP contribution in [0.1, 0.15) is 31.2 Å². The van der Waals surface area contributed by atoms with Crippen molar-refractivity contribution in [2.24, 2.45) is 5.92 Å². The standard InChI is InChI=1S/C25H20N4O/c1-16-10-17(12-19-14-26-21-6-2-4-8-23(21)28-19)25(30)18(11-16)13-20-15-27-22-7-3-5-9-24(22)29-20/h2-9,12-16H,10-11H2,1H3/b17-12-,18-13?. The highest BCUT2D eigenvalue weighted by Crippen LogP contribution is 2.32. The van der Waals surface area contributed by atoms with Crippen molar-refractivity contribution in [3.8, 4) is 0 Å². The number of Topliss-reactive ketones (excluding diaryl/α,β-unsaturated/α-hetero) is 1. The first-order valence-electron chi connectivity index (χ1n) is 10.0. The van der Waals surface area contributed by atoms with Crippen LogP contribution in [-0.2, 0) is 4.79 Å². The zero-order valence-electron chi connectivity index (χ0n) is 16.6. The fourth-order valence-electron chi connectivity index (χ4n) is 3.90. The molecule has 0 amide bonds. The van der Waals surface area contributed by atoms with Crippen molar-refractivity contribution in [3.63, 3.8) is 0 Å². The molecule has 146 valence electrons. The topological polar surface area (TPSA) is 68.6 Å². The van der Waals surface area contributed by atoms with Gasteiger partial charge < -0.3 is 0 Å². The molecule has 30 heavy (non-hydrogen) atoms. The Balaban J connectivity index is 1.50. The van der Waals surface area contributed by atoms with E-state index in [1.807, 2.05) is 60.7 Å². The van der Waals surface area contributed by atoms with Crippen LogP contribution in [-0.4, -0.2) is 25.7 Å². The van der Waals surface area contributed by atoms with Crippen LogP contribution in [0.25, 0.3) is 34.2 Å². The highest BCUT2D eigenvalue weighted by Gasteiger charge is 2.25. The van der Waals surface area contributed by atoms with Crippen LogP contribution in [0.3, 0.4) is 0 Å². The van der Waals surface area contributed by atoms with Gasteiger partial charge in [0.25, 0.3) is 0 Å². The molecule has 4 aromatic rings. The molecule has 0 aliphatic heterocycles. The van der Waals surface area contributed by atoms with Crippen molar-refractivity contribution < 1.29 is 4.79 Å². The Hall–Kier alpha value is -3.73. The molecule has 1 atom stereocenters. The molecular weight excluding hydrogens is 372 g/mol. The van der Waals surface area contributed by atoms with Crippen LogP contribution in [0.2, 0.25) is 0 Å². The normalized spacial score (nSPS) is 19.8. The fourth-order valence-corrected chi connectivity index (χ4v) is 3.90. The average Bonchev–Trinajstić information content (AvgIpc) is 2.77. The van der Waals surface area contributed by atoms with Crippen molar-refractivity contribution in [2.75, 3.05) is 0 Å². The molecule has 1 fully saturated rings. The second-order valence-electron chi connectivity index (χ2n) is 7.75. The number of aromatic nitrogens is 4. The minimum absolute atomic E-state index is 0.0537. The molecule has 1 aliphatic rings. The summed E-state index contributed by atoms with van der Waals surface area (Å²) in [6, 6.07) is 15.5. The Kier molecular flexibility index (Phi) is 4.64. The summed E-state index contributed by atoms with van der Waals surface area (Å²) in [5.74, 6) is 0.417. The minimum atomic E-state index is 0.0537. The van der Waals surface area contributed by atoms with Gasteiger partial charge in [-0.3, -0.25) is 14.8 Å². The zero-order chi connectivity index (χ0) is 20.5. The van der Waals surface area contributed by atoms with Gasteiger partial charge >= 0.3 is 0 Å². The largest absolute Gasteiger partial charge is 0.289 e. The number of carbonyl (C=O) groups is 1. The smallest absolute Gasteiger partial charge is 0.185 e. The summed E-state index contributed by atoms with van der Waals surface area (Å²) < 4.78 is 0. The van der Waals surface area contributed by atoms with Gasteiger partial charge in [-0.2, -0.15) is 0 Å². The van der Waals surface area contributed by atoms with Gasteiger partial charge in [-0.15, -0.1) is 0 Å². The number of nitrogens with zero attached hydrogens (tertiary/aromatic N) is 4. The van der Waals surface area contributed by atoms with Crippen molar-refractivity contribution in [1.82, 2.24) is 19.9 Å². The molecule has 5 rings (SSSR count). The SMILES string of the molecule is CC1CC(=Cc2cnc3ccccc3n2)C(=O)/C(=C\c2cnc3ccccc3n2)C1. The van der Waals surface area contributed by atoms with E-state index >= 15 is 0 Å². The molecule has 0 saturated heterocycles. The molecule has 0 spiro atoms. The molecular formula is C25H20N4O. The van der Waals surface area contributed by atoms with Crippen molar-refractivity contribution in [1.29, 1.82) is 0 Å². The van der Waals surface area contributed by atoms with Gasteiger partial charge in [-0.25, -0.2) is 9.97 Å². The second kappa shape index (κ2) is 7.59. The van der Waals surface area contributed by atoms with E-state index in [9.17, 15) is 4.79 Å². The molecule has 5 nitrogen and oxygen atoms in total. The van der Waals surface area contributed by atoms with E-state index in [-0.39, 0.29) is 5.78 Å². The third-order valence-electron chi connectivity index (χ3n) is 5.30. The number of hydrogen-bond donors (Lipinski definition) is 0. The Bertz CT molecular complexity index is 1240. The van der Waals surface area contributed by atoms with Crippen LogP contribution in [0.5, 0.6) is 0 Å². The van der Waals surface area contributed by atoms with E-state index in [4.69, 9.17) is 0 Å². The van der Waals surface area contributed by atoms with E-state index in [0.717, 1.165) is 46.1 Å². The summed E-state index contributed by atoms with van der Waals surface area (Å²) in [5, 5.41) is 0. The Morgan fingerprint density at radius 1 is 0.733 bits per heavy atom. The summed E-state index contributed by atoms with van der Waals surface area (Å²) in [7, 11) is 0. The number of para-hydroxylation sites is 4. The number of benzene rings is 2. The number of hydrogen-bond acceptors (Lipinski definition) is 5. The molecule has 1 aliphatic carbocycles. The molecule has 2 heterocycles. The van der Waals surface area contributed by atoms with Gasteiger partial charge in [0.15, 0.2) is 5.78 Å². The lowest BCUT2D eigenvalue weighted by Crippen LogP contribution is -2.18. The van der Waals surface area contributed by atoms with Gasteiger partial charge in [0.1, 0.15) is 0 Å². The predicted molar refractivity (Wildman–Crippen MR) is 118 cm³/mol. The first-order chi connectivity index (χ1) is 14.7. The Labute approximate surface area is 174 Å². The minimum Gasteiger partial charge on any atom is -0.289 e. The number of rotatable bonds is 2. The van der Waals surface area contributed by atoms with E-state index in [1.54, 1.807) is 12.4 Å². The third kappa shape index (κ3) is 3.62. The van der Waals surface area contributed by atoms with Gasteiger partial charge in [0.2, 0.25) is 0 Å². The van der Waals surface area contributed by atoms with Crippen LogP contribution in [0, 0.1) is 5.92 Å². The van der Waals surface area contributed by atoms with Gasteiger partial charge in [0.05, 0.1) is 45.8 Å². The monoisotopic (exact) mass is 392 g/mol. The van der Waals surface area contributed by atoms with E-state index in [2.05, 4.69) is 26.9 Å². The van der Waals surface area contributed by atoms with Crippen LogP contribution >= 0.6 is 0 Å². The lowest BCUT2D eigenvalue weighted by atomic mass is 9.81. The molecule has 1 unspecified atom stereocenters. The van der Waals surface area contributed by atoms with Crippen molar-refractivity contribution in [2.45, 2.75) is 19.8 Å². The third-order valence-corrected chi connectivity index (χ3v) is 5.30. The highest BCUT2D eigenvalue weighted by atomic mass is 16.1. The molecule has 0 N–H and O–H groups in total. The second-order valence-corrected chi connectivity index (χ2v) is 7.75. The molecule has 1 saturated carbocycles. The maximum Gasteiger partial charge on any atom is 0.185 e. The fraction of sp³-hybridized carbons (Fsp3) is 0.160. The first kappa shape index (κ1) is 18.3. The predicted octanol–water partition coefficient (Wildman–Crippen LogP) is 5.04. The summed E-state index contributed by atoms with van der Waals surface area (Å²) in [4.78, 5) is 31.4. The maximum absolute atomic E-state index is 13.2. The van der Waals surface area contributed by atoms with Crippen LogP contribution in [0.15, 0.2) is 72.1 Å². The van der Waals surface area contributed by atoms with Gasteiger partial charge in [-0.1, -0.05) is 31.2 Å². The van der Waals surface area contributed by atoms with Crippen LogP contribution in [0.4, 0.5) is 0 Å². The van der Waals surface area contributed by atoms with E-state index < -0.39 is 0 Å². The number of fused-ring (bicyclic) bond motifs is 2. The average molecular weight is 392 g/mol. The zero-order valence-corrected chi connectivity index (χ0v) is 16.6. The van der Waals surface area contributed by atoms with Gasteiger partial charge in [-0.05, 0) is 55.2 Å². The summed E-state index contributed by atoms with van der Waals surface area (Å²) in [5.41, 5.74) is 6.27. The molecule has 0 radical (unpaired) electrons. The Morgan fingerprint density at radius 3 is 1.63 bits per heavy atom. The Morgan fingerprint density at radius 2 is 1.17 bits per heavy atom. The lowest BCUT2D eigenvalue weighted by Gasteiger charge is -2.22. The molecule has 5 heteroatoms. The van der Waals surface area contributed by atoms with Crippen molar-refractivity contribution >= 4 is 40.0 Å². The summed E-state index contributed by atoms with van der Waals surface area (Å²) in [6.45, 7) is 2.16. The number of ketones is 1. The molecule has 2 aromatic carbocycles. The van der Waals surface area contributed by atoms with Crippen molar-refractivity contribution in [3.05, 3.63) is 83.5 Å². The number of allylic oxidation sites excluding steroid dienone is 2. The highest BCUT2D eigenvalue weighted by molar-refractivity contribution is 6.14. The quantitative estimate of drug-likeness (QED) is 0.447. The molecule has 2 aromatic heterocycles. The first-order valence-corrected chi connectivity index (χ1v) is 10.0. The van der Waals surface area contributed by atoms with Gasteiger partial charge in [0, 0.05) is 11.1 Å².